The zero-order chi connectivity index (χ0) is 25.0. The van der Waals surface area contributed by atoms with Gasteiger partial charge in [0.15, 0.2) is 11.5 Å². The molecule has 1 unspecified atom stereocenters. The van der Waals surface area contributed by atoms with E-state index in [1.165, 1.54) is 29.2 Å². The maximum Gasteiger partial charge on any atom is 0.295 e. The van der Waals surface area contributed by atoms with Gasteiger partial charge in [-0.2, -0.15) is 0 Å². The molecule has 1 saturated heterocycles. The predicted octanol–water partition coefficient (Wildman–Crippen LogP) is 4.00. The highest BCUT2D eigenvalue weighted by Gasteiger charge is 2.46. The number of Topliss-reactive ketones (excluding diaryl/α,β-unsaturated/α-hetero) is 1. The standard InChI is InChI=1S/C26H31FN2O5/c1-5-28(6-2)12-13-29-23(17-9-11-20(30)21(15-17)34-7-3)22(25(32)26(29)33)24(31)18-8-10-19(27)16(4)14-18/h8-11,14-15,23,30-31H,5-7,12-13H2,1-4H3/b24-22-. The van der Waals surface area contributed by atoms with Crippen LogP contribution in [0.3, 0.4) is 0 Å². The Morgan fingerprint density at radius 2 is 1.82 bits per heavy atom. The number of halogens is 1. The van der Waals surface area contributed by atoms with Gasteiger partial charge in [0.25, 0.3) is 11.7 Å². The van der Waals surface area contributed by atoms with Gasteiger partial charge in [-0.05, 0) is 68.4 Å². The molecular formula is C26H31FN2O5. The van der Waals surface area contributed by atoms with Gasteiger partial charge < -0.3 is 24.7 Å². The number of hydrogen-bond acceptors (Lipinski definition) is 6. The highest BCUT2D eigenvalue weighted by molar-refractivity contribution is 6.46. The Morgan fingerprint density at radius 1 is 1.12 bits per heavy atom. The first-order valence-corrected chi connectivity index (χ1v) is 11.5. The Kier molecular flexibility index (Phi) is 7.94. The molecule has 1 aliphatic heterocycles. The molecule has 2 N–H and O–H groups in total. The molecule has 2 aromatic rings. The fraction of sp³-hybridized carbons (Fsp3) is 0.385. The Bertz CT molecular complexity index is 1110. The van der Waals surface area contributed by atoms with Crippen LogP contribution >= 0.6 is 0 Å². The van der Waals surface area contributed by atoms with Crippen LogP contribution in [0, 0.1) is 12.7 Å². The number of likely N-dealkylation sites (N-methyl/N-ethyl adjacent to an activating group) is 1. The van der Waals surface area contributed by atoms with Crippen LogP contribution in [-0.2, 0) is 9.59 Å². The van der Waals surface area contributed by atoms with Crippen LogP contribution < -0.4 is 4.74 Å². The fourth-order valence-electron chi connectivity index (χ4n) is 4.17. The van der Waals surface area contributed by atoms with E-state index >= 15 is 0 Å². The van der Waals surface area contributed by atoms with E-state index in [9.17, 15) is 24.2 Å². The number of ketones is 1. The van der Waals surface area contributed by atoms with Crippen molar-refractivity contribution in [2.24, 2.45) is 0 Å². The van der Waals surface area contributed by atoms with Crippen molar-refractivity contribution >= 4 is 17.4 Å². The van der Waals surface area contributed by atoms with Crippen LogP contribution in [0.5, 0.6) is 11.5 Å². The number of likely N-dealkylation sites (tertiary alicyclic amines) is 1. The summed E-state index contributed by atoms with van der Waals surface area (Å²) in [6.45, 7) is 10.1. The van der Waals surface area contributed by atoms with Crippen molar-refractivity contribution in [1.29, 1.82) is 0 Å². The average molecular weight is 471 g/mol. The number of aliphatic hydroxyl groups is 1. The number of aliphatic hydroxyl groups excluding tert-OH is 1. The van der Waals surface area contributed by atoms with E-state index in [2.05, 4.69) is 4.90 Å². The number of rotatable bonds is 9. The van der Waals surface area contributed by atoms with E-state index in [0.717, 1.165) is 13.1 Å². The predicted molar refractivity (Wildman–Crippen MR) is 127 cm³/mol. The van der Waals surface area contributed by atoms with Crippen LogP contribution in [0.4, 0.5) is 4.39 Å². The zero-order valence-electron chi connectivity index (χ0n) is 20.0. The summed E-state index contributed by atoms with van der Waals surface area (Å²) in [6.07, 6.45) is 0. The summed E-state index contributed by atoms with van der Waals surface area (Å²) < 4.78 is 19.3. The third kappa shape index (κ3) is 4.92. The number of phenols is 1. The van der Waals surface area contributed by atoms with Gasteiger partial charge in [-0.25, -0.2) is 4.39 Å². The molecule has 0 saturated carbocycles. The van der Waals surface area contributed by atoms with E-state index in [0.29, 0.717) is 24.3 Å². The normalized spacial score (nSPS) is 17.6. The van der Waals surface area contributed by atoms with Crippen molar-refractivity contribution in [3.63, 3.8) is 0 Å². The summed E-state index contributed by atoms with van der Waals surface area (Å²) in [7, 11) is 0. The molecule has 8 heteroatoms. The number of ether oxygens (including phenoxy) is 1. The molecule has 1 atom stereocenters. The number of aryl methyl sites for hydroxylation is 1. The molecule has 2 aromatic carbocycles. The number of nitrogens with zero attached hydrogens (tertiary/aromatic N) is 2. The third-order valence-corrected chi connectivity index (χ3v) is 6.12. The van der Waals surface area contributed by atoms with Crippen LogP contribution in [-0.4, -0.2) is 64.5 Å². The average Bonchev–Trinajstić information content (AvgIpc) is 3.07. The molecule has 1 fully saturated rings. The number of amides is 1. The zero-order valence-corrected chi connectivity index (χ0v) is 20.0. The molecule has 1 heterocycles. The van der Waals surface area contributed by atoms with Gasteiger partial charge in [0.1, 0.15) is 11.6 Å². The van der Waals surface area contributed by atoms with Crippen molar-refractivity contribution in [3.05, 3.63) is 64.5 Å². The van der Waals surface area contributed by atoms with Crippen molar-refractivity contribution in [2.75, 3.05) is 32.8 Å². The number of phenolic OH excluding ortho intramolecular Hbond substituents is 1. The highest BCUT2D eigenvalue weighted by atomic mass is 19.1. The molecule has 0 spiro atoms. The number of aromatic hydroxyl groups is 1. The van der Waals surface area contributed by atoms with E-state index in [4.69, 9.17) is 4.74 Å². The van der Waals surface area contributed by atoms with E-state index in [1.54, 1.807) is 26.0 Å². The Hall–Kier alpha value is -3.39. The van der Waals surface area contributed by atoms with Crippen molar-refractivity contribution in [1.82, 2.24) is 9.80 Å². The molecule has 7 nitrogen and oxygen atoms in total. The van der Waals surface area contributed by atoms with Crippen LogP contribution in [0.1, 0.15) is 43.5 Å². The number of carbonyl (C=O) groups excluding carboxylic acids is 2. The lowest BCUT2D eigenvalue weighted by molar-refractivity contribution is -0.140. The first-order valence-electron chi connectivity index (χ1n) is 11.5. The van der Waals surface area contributed by atoms with Gasteiger partial charge in [0.2, 0.25) is 0 Å². The monoisotopic (exact) mass is 470 g/mol. The summed E-state index contributed by atoms with van der Waals surface area (Å²) in [6, 6.07) is 7.75. The van der Waals surface area contributed by atoms with Crippen LogP contribution in [0.2, 0.25) is 0 Å². The minimum atomic E-state index is -0.888. The van der Waals surface area contributed by atoms with Crippen molar-refractivity contribution in [3.8, 4) is 11.5 Å². The van der Waals surface area contributed by atoms with E-state index in [1.807, 2.05) is 13.8 Å². The maximum atomic E-state index is 13.8. The number of benzene rings is 2. The van der Waals surface area contributed by atoms with Crippen molar-refractivity contribution in [2.45, 2.75) is 33.7 Å². The smallest absolute Gasteiger partial charge is 0.295 e. The van der Waals surface area contributed by atoms with Gasteiger partial charge in [0, 0.05) is 18.7 Å². The van der Waals surface area contributed by atoms with Gasteiger partial charge in [0.05, 0.1) is 18.2 Å². The highest BCUT2D eigenvalue weighted by Crippen LogP contribution is 2.41. The summed E-state index contributed by atoms with van der Waals surface area (Å²) >= 11 is 0. The van der Waals surface area contributed by atoms with Gasteiger partial charge in [-0.1, -0.05) is 19.9 Å². The molecule has 0 aliphatic carbocycles. The number of hydrogen-bond donors (Lipinski definition) is 2. The summed E-state index contributed by atoms with van der Waals surface area (Å²) in [5.41, 5.74) is 0.984. The fourth-order valence-corrected chi connectivity index (χ4v) is 4.17. The molecule has 182 valence electrons. The van der Waals surface area contributed by atoms with Crippen molar-refractivity contribution < 1.29 is 28.9 Å². The molecule has 0 aromatic heterocycles. The Morgan fingerprint density at radius 3 is 2.44 bits per heavy atom. The SMILES string of the molecule is CCOc1cc(C2/C(=C(/O)c3ccc(F)c(C)c3)C(=O)C(=O)N2CCN(CC)CC)ccc1O. The second-order valence-electron chi connectivity index (χ2n) is 8.14. The van der Waals surface area contributed by atoms with Gasteiger partial charge in [-0.15, -0.1) is 0 Å². The molecule has 34 heavy (non-hydrogen) atoms. The van der Waals surface area contributed by atoms with E-state index < -0.39 is 23.5 Å². The molecule has 0 bridgehead atoms. The summed E-state index contributed by atoms with van der Waals surface area (Å²) in [5.74, 6) is -2.19. The number of carbonyl (C=O) groups is 2. The second-order valence-corrected chi connectivity index (χ2v) is 8.14. The van der Waals surface area contributed by atoms with Crippen LogP contribution in [0.15, 0.2) is 42.0 Å². The molecule has 3 rings (SSSR count). The molecule has 0 radical (unpaired) electrons. The largest absolute Gasteiger partial charge is 0.507 e. The summed E-state index contributed by atoms with van der Waals surface area (Å²) in [5, 5.41) is 21.3. The van der Waals surface area contributed by atoms with Crippen LogP contribution in [0.25, 0.3) is 5.76 Å². The van der Waals surface area contributed by atoms with Gasteiger partial charge >= 0.3 is 0 Å². The molecule has 1 aliphatic rings. The lowest BCUT2D eigenvalue weighted by atomic mass is 9.94. The second kappa shape index (κ2) is 10.7. The summed E-state index contributed by atoms with van der Waals surface area (Å²) in [4.78, 5) is 29.8. The first kappa shape index (κ1) is 25.2. The van der Waals surface area contributed by atoms with Gasteiger partial charge in [-0.3, -0.25) is 9.59 Å². The Labute approximate surface area is 199 Å². The minimum absolute atomic E-state index is 0.0696. The topological polar surface area (TPSA) is 90.3 Å². The lowest BCUT2D eigenvalue weighted by Gasteiger charge is -2.28. The quantitative estimate of drug-likeness (QED) is 0.327. The van der Waals surface area contributed by atoms with E-state index in [-0.39, 0.29) is 34.9 Å². The third-order valence-electron chi connectivity index (χ3n) is 6.12. The molecule has 1 amide bonds. The lowest BCUT2D eigenvalue weighted by Crippen LogP contribution is -2.38. The first-order chi connectivity index (χ1) is 16.2. The molecular weight excluding hydrogens is 439 g/mol. The minimum Gasteiger partial charge on any atom is -0.507 e. The Balaban J connectivity index is 2.16. The maximum absolute atomic E-state index is 13.8.